The summed E-state index contributed by atoms with van der Waals surface area (Å²) >= 11 is 0. The minimum absolute atomic E-state index is 0.210. The van der Waals surface area contributed by atoms with E-state index in [-0.39, 0.29) is 12.0 Å². The molecule has 0 spiro atoms. The van der Waals surface area contributed by atoms with Crippen LogP contribution in [0.15, 0.2) is 12.1 Å². The molecule has 1 N–H and O–H groups in total. The molecule has 1 aliphatic heterocycles. The molecule has 0 saturated carbocycles. The molecule has 0 aromatic carbocycles. The van der Waals surface area contributed by atoms with Crippen LogP contribution in [-0.4, -0.2) is 66.4 Å². The van der Waals surface area contributed by atoms with Crippen LogP contribution in [0.1, 0.15) is 30.8 Å². The maximum absolute atomic E-state index is 11.8. The summed E-state index contributed by atoms with van der Waals surface area (Å²) in [4.78, 5) is 27.2. The molecular weight excluding hydrogens is 298 g/mol. The summed E-state index contributed by atoms with van der Waals surface area (Å²) in [7, 11) is 0. The van der Waals surface area contributed by atoms with Crippen LogP contribution in [0.25, 0.3) is 0 Å². The van der Waals surface area contributed by atoms with Gasteiger partial charge in [-0.2, -0.15) is 0 Å². The fourth-order valence-electron chi connectivity index (χ4n) is 2.28. The van der Waals surface area contributed by atoms with Crippen molar-refractivity contribution in [3.05, 3.63) is 17.8 Å². The van der Waals surface area contributed by atoms with Crippen molar-refractivity contribution in [2.45, 2.75) is 20.3 Å². The summed E-state index contributed by atoms with van der Waals surface area (Å²) < 4.78 is 4.99. The average molecular weight is 321 g/mol. The third-order valence-electron chi connectivity index (χ3n) is 3.55. The predicted molar refractivity (Wildman–Crippen MR) is 85.5 cm³/mol. The summed E-state index contributed by atoms with van der Waals surface area (Å²) in [6.07, 6.45) is 0.600. The van der Waals surface area contributed by atoms with E-state index in [1.165, 1.54) is 0 Å². The minimum atomic E-state index is -0.277. The summed E-state index contributed by atoms with van der Waals surface area (Å²) in [5, 5.41) is 10.9. The highest BCUT2D eigenvalue weighted by atomic mass is 16.6. The van der Waals surface area contributed by atoms with E-state index in [1.54, 1.807) is 24.0 Å². The first-order chi connectivity index (χ1) is 11.2. The second kappa shape index (κ2) is 8.30. The highest BCUT2D eigenvalue weighted by Gasteiger charge is 2.23. The van der Waals surface area contributed by atoms with E-state index in [9.17, 15) is 9.59 Å². The smallest absolute Gasteiger partial charge is 0.409 e. The van der Waals surface area contributed by atoms with Crippen LogP contribution in [0.4, 0.5) is 10.6 Å². The summed E-state index contributed by atoms with van der Waals surface area (Å²) in [5.74, 6) is 0.499. The zero-order valence-electron chi connectivity index (χ0n) is 13.6. The molecule has 0 radical (unpaired) electrons. The predicted octanol–water partition coefficient (Wildman–Crippen LogP) is 0.895. The Morgan fingerprint density at radius 1 is 1.17 bits per heavy atom. The second-order valence-electron chi connectivity index (χ2n) is 5.21. The zero-order chi connectivity index (χ0) is 16.7. The van der Waals surface area contributed by atoms with E-state index in [4.69, 9.17) is 4.74 Å². The van der Waals surface area contributed by atoms with Gasteiger partial charge < -0.3 is 19.9 Å². The zero-order valence-corrected chi connectivity index (χ0v) is 13.6. The normalized spacial score (nSPS) is 14.5. The lowest BCUT2D eigenvalue weighted by atomic mass is 10.3. The number of nitrogens with zero attached hydrogens (tertiary/aromatic N) is 4. The van der Waals surface area contributed by atoms with E-state index in [1.807, 2.05) is 11.8 Å². The van der Waals surface area contributed by atoms with Crippen LogP contribution >= 0.6 is 0 Å². The fourth-order valence-corrected chi connectivity index (χ4v) is 2.28. The van der Waals surface area contributed by atoms with Crippen molar-refractivity contribution in [2.75, 3.05) is 44.2 Å². The van der Waals surface area contributed by atoms with Gasteiger partial charge in [0.1, 0.15) is 0 Å². The van der Waals surface area contributed by atoms with Gasteiger partial charge in [0.15, 0.2) is 11.5 Å². The summed E-state index contributed by atoms with van der Waals surface area (Å²) in [6, 6.07) is 3.46. The number of nitrogens with one attached hydrogen (secondary N) is 1. The number of anilines is 1. The fraction of sp³-hybridized carbons (Fsp3) is 0.600. The molecular formula is C15H23N5O3. The van der Waals surface area contributed by atoms with Gasteiger partial charge in [-0.1, -0.05) is 6.92 Å². The Kier molecular flexibility index (Phi) is 6.13. The average Bonchev–Trinajstić information content (AvgIpc) is 2.60. The third kappa shape index (κ3) is 4.54. The van der Waals surface area contributed by atoms with Crippen LogP contribution in [0.3, 0.4) is 0 Å². The molecule has 8 nitrogen and oxygen atoms in total. The van der Waals surface area contributed by atoms with Crippen LogP contribution in [0.5, 0.6) is 0 Å². The van der Waals surface area contributed by atoms with Gasteiger partial charge in [-0.25, -0.2) is 4.79 Å². The number of carbonyl (C=O) groups is 2. The molecule has 126 valence electrons. The number of hydrogen-bond acceptors (Lipinski definition) is 6. The number of ether oxygens (including phenoxy) is 1. The lowest BCUT2D eigenvalue weighted by Crippen LogP contribution is -2.49. The third-order valence-corrected chi connectivity index (χ3v) is 3.55. The van der Waals surface area contributed by atoms with Crippen LogP contribution < -0.4 is 10.2 Å². The highest BCUT2D eigenvalue weighted by Crippen LogP contribution is 2.13. The maximum atomic E-state index is 11.8. The van der Waals surface area contributed by atoms with Gasteiger partial charge >= 0.3 is 6.09 Å². The molecule has 1 aromatic heterocycles. The molecule has 1 aromatic rings. The molecule has 1 saturated heterocycles. The number of rotatable bonds is 5. The van der Waals surface area contributed by atoms with Crippen molar-refractivity contribution in [3.63, 3.8) is 0 Å². The molecule has 8 heteroatoms. The van der Waals surface area contributed by atoms with Crippen molar-refractivity contribution in [1.29, 1.82) is 0 Å². The second-order valence-corrected chi connectivity index (χ2v) is 5.21. The first-order valence-corrected chi connectivity index (χ1v) is 7.94. The number of aromatic nitrogens is 2. The Hall–Kier alpha value is -2.38. The Labute approximate surface area is 135 Å². The van der Waals surface area contributed by atoms with E-state index in [0.717, 1.165) is 6.42 Å². The van der Waals surface area contributed by atoms with Gasteiger partial charge in [0.2, 0.25) is 0 Å². The maximum Gasteiger partial charge on any atom is 0.409 e. The number of amides is 2. The molecule has 23 heavy (non-hydrogen) atoms. The van der Waals surface area contributed by atoms with Crippen molar-refractivity contribution in [3.8, 4) is 0 Å². The number of hydrogen-bond donors (Lipinski definition) is 1. The van der Waals surface area contributed by atoms with Crippen molar-refractivity contribution in [2.24, 2.45) is 0 Å². The van der Waals surface area contributed by atoms with E-state index in [0.29, 0.717) is 50.8 Å². The van der Waals surface area contributed by atoms with Crippen molar-refractivity contribution >= 4 is 17.8 Å². The largest absolute Gasteiger partial charge is 0.450 e. The minimum Gasteiger partial charge on any atom is -0.450 e. The molecule has 1 aliphatic rings. The van der Waals surface area contributed by atoms with Gasteiger partial charge in [0, 0.05) is 32.7 Å². The Morgan fingerprint density at radius 3 is 2.48 bits per heavy atom. The van der Waals surface area contributed by atoms with Gasteiger partial charge in [-0.05, 0) is 25.5 Å². The standard InChI is InChI=1S/C15H23N5O3/c1-3-7-16-14(21)12-5-6-13(18-17-12)19-8-10-20(11-9-19)15(22)23-4-2/h5-6H,3-4,7-11H2,1-2H3,(H,16,21). The highest BCUT2D eigenvalue weighted by molar-refractivity contribution is 5.92. The molecule has 0 bridgehead atoms. The first kappa shape index (κ1) is 17.0. The monoisotopic (exact) mass is 321 g/mol. The van der Waals surface area contributed by atoms with E-state index in [2.05, 4.69) is 15.5 Å². The number of carbonyl (C=O) groups excluding carboxylic acids is 2. The molecule has 2 rings (SSSR count). The Morgan fingerprint density at radius 2 is 1.91 bits per heavy atom. The van der Waals surface area contributed by atoms with Gasteiger partial charge in [0.05, 0.1) is 6.61 Å². The van der Waals surface area contributed by atoms with Gasteiger partial charge in [-0.3, -0.25) is 4.79 Å². The Balaban J connectivity index is 1.89. The molecule has 0 unspecified atom stereocenters. The molecule has 2 heterocycles. The van der Waals surface area contributed by atoms with E-state index >= 15 is 0 Å². The molecule has 2 amide bonds. The van der Waals surface area contributed by atoms with Gasteiger partial charge in [0.25, 0.3) is 5.91 Å². The van der Waals surface area contributed by atoms with Crippen LogP contribution in [0, 0.1) is 0 Å². The molecule has 1 fully saturated rings. The first-order valence-electron chi connectivity index (χ1n) is 7.94. The molecule has 0 atom stereocenters. The van der Waals surface area contributed by atoms with Crippen LogP contribution in [-0.2, 0) is 4.74 Å². The quantitative estimate of drug-likeness (QED) is 0.867. The van der Waals surface area contributed by atoms with Crippen LogP contribution in [0.2, 0.25) is 0 Å². The van der Waals surface area contributed by atoms with E-state index < -0.39 is 0 Å². The topological polar surface area (TPSA) is 87.7 Å². The van der Waals surface area contributed by atoms with Gasteiger partial charge in [-0.15, -0.1) is 10.2 Å². The summed E-state index contributed by atoms with van der Waals surface area (Å²) in [6.45, 7) is 7.28. The molecule has 0 aliphatic carbocycles. The summed E-state index contributed by atoms with van der Waals surface area (Å²) in [5.41, 5.74) is 0.312. The van der Waals surface area contributed by atoms with Crippen molar-refractivity contribution in [1.82, 2.24) is 20.4 Å². The Bertz CT molecular complexity index is 526. The SMILES string of the molecule is CCCNC(=O)c1ccc(N2CCN(C(=O)OCC)CC2)nn1. The lowest BCUT2D eigenvalue weighted by Gasteiger charge is -2.34. The number of piperazine rings is 1. The lowest BCUT2D eigenvalue weighted by molar-refractivity contribution is 0.0946. The van der Waals surface area contributed by atoms with Crippen molar-refractivity contribution < 1.29 is 14.3 Å².